The maximum absolute atomic E-state index is 12.4. The molecule has 0 fully saturated rings. The van der Waals surface area contributed by atoms with Gasteiger partial charge in [-0.15, -0.1) is 5.10 Å². The summed E-state index contributed by atoms with van der Waals surface area (Å²) in [7, 11) is 0. The lowest BCUT2D eigenvalue weighted by Gasteiger charge is -2.14. The molecule has 1 atom stereocenters. The smallest absolute Gasteiger partial charge is 0.211 e. The van der Waals surface area contributed by atoms with Crippen LogP contribution in [0.15, 0.2) is 35.5 Å². The fraction of sp³-hybridized carbons (Fsp3) is 0.417. The van der Waals surface area contributed by atoms with Crippen molar-refractivity contribution in [3.05, 3.63) is 35.9 Å². The molecule has 4 nitrogen and oxygen atoms in total. The minimum atomic E-state index is -4.33. The van der Waals surface area contributed by atoms with Gasteiger partial charge in [0.25, 0.3) is 0 Å². The van der Waals surface area contributed by atoms with Crippen LogP contribution in [0.1, 0.15) is 24.2 Å². The SMILES string of the molecule is CCC(Sc1nnnn1CC(F)(F)F)c1ccccc1. The molecular formula is C12H13F3N4S. The molecule has 0 aliphatic heterocycles. The predicted octanol–water partition coefficient (Wildman–Crippen LogP) is 3.48. The van der Waals surface area contributed by atoms with Gasteiger partial charge in [0.15, 0.2) is 0 Å². The Balaban J connectivity index is 2.15. The molecule has 0 aliphatic carbocycles. The summed E-state index contributed by atoms with van der Waals surface area (Å²) >= 11 is 1.24. The van der Waals surface area contributed by atoms with E-state index in [9.17, 15) is 13.2 Å². The minimum Gasteiger partial charge on any atom is -0.211 e. The van der Waals surface area contributed by atoms with Crippen LogP contribution in [0.3, 0.4) is 0 Å². The Kier molecular flexibility index (Phi) is 4.64. The Hall–Kier alpha value is -1.57. The highest BCUT2D eigenvalue weighted by Crippen LogP contribution is 2.36. The van der Waals surface area contributed by atoms with Gasteiger partial charge < -0.3 is 0 Å². The molecule has 0 N–H and O–H groups in total. The maximum Gasteiger partial charge on any atom is 0.408 e. The van der Waals surface area contributed by atoms with Crippen LogP contribution in [0.5, 0.6) is 0 Å². The number of halogens is 3. The second kappa shape index (κ2) is 6.25. The highest BCUT2D eigenvalue weighted by molar-refractivity contribution is 7.99. The number of hydrogen-bond acceptors (Lipinski definition) is 4. The monoisotopic (exact) mass is 302 g/mol. The third-order valence-electron chi connectivity index (χ3n) is 2.62. The second-order valence-corrected chi connectivity index (χ2v) is 5.33. The van der Waals surface area contributed by atoms with Crippen molar-refractivity contribution >= 4 is 11.8 Å². The van der Waals surface area contributed by atoms with Crippen molar-refractivity contribution in [1.82, 2.24) is 20.2 Å². The van der Waals surface area contributed by atoms with Crippen LogP contribution in [-0.4, -0.2) is 26.4 Å². The molecule has 0 aliphatic rings. The third kappa shape index (κ3) is 3.96. The molecule has 108 valence electrons. The van der Waals surface area contributed by atoms with Gasteiger partial charge in [-0.3, -0.25) is 0 Å². The molecule has 1 unspecified atom stereocenters. The van der Waals surface area contributed by atoms with E-state index in [1.807, 2.05) is 37.3 Å². The third-order valence-corrected chi connectivity index (χ3v) is 4.01. The van der Waals surface area contributed by atoms with Crippen molar-refractivity contribution in [2.45, 2.75) is 36.5 Å². The number of benzene rings is 1. The summed E-state index contributed by atoms with van der Waals surface area (Å²) in [6.07, 6.45) is -3.56. The summed E-state index contributed by atoms with van der Waals surface area (Å²) in [5, 5.41) is 10.6. The van der Waals surface area contributed by atoms with Crippen molar-refractivity contribution in [3.63, 3.8) is 0 Å². The largest absolute Gasteiger partial charge is 0.408 e. The fourth-order valence-corrected chi connectivity index (χ4v) is 2.75. The topological polar surface area (TPSA) is 43.6 Å². The molecule has 2 rings (SSSR count). The van der Waals surface area contributed by atoms with Crippen molar-refractivity contribution in [2.75, 3.05) is 0 Å². The Bertz CT molecular complexity index is 541. The first-order chi connectivity index (χ1) is 9.49. The molecule has 20 heavy (non-hydrogen) atoms. The van der Waals surface area contributed by atoms with Gasteiger partial charge in [-0.25, -0.2) is 4.68 Å². The summed E-state index contributed by atoms with van der Waals surface area (Å²) < 4.78 is 38.0. The number of alkyl halides is 3. The summed E-state index contributed by atoms with van der Waals surface area (Å²) in [5.41, 5.74) is 1.04. The van der Waals surface area contributed by atoms with E-state index in [1.165, 1.54) is 11.8 Å². The lowest BCUT2D eigenvalue weighted by atomic mass is 10.1. The van der Waals surface area contributed by atoms with Crippen molar-refractivity contribution in [2.24, 2.45) is 0 Å². The number of thioether (sulfide) groups is 1. The zero-order valence-electron chi connectivity index (χ0n) is 10.7. The minimum absolute atomic E-state index is 0.0224. The van der Waals surface area contributed by atoms with E-state index in [2.05, 4.69) is 15.5 Å². The first-order valence-corrected chi connectivity index (χ1v) is 6.92. The number of hydrogen-bond donors (Lipinski definition) is 0. The first-order valence-electron chi connectivity index (χ1n) is 6.04. The zero-order chi connectivity index (χ0) is 14.6. The van der Waals surface area contributed by atoms with Crippen LogP contribution in [-0.2, 0) is 6.54 Å². The molecule has 1 aromatic heterocycles. The molecule has 1 heterocycles. The highest BCUT2D eigenvalue weighted by atomic mass is 32.2. The van der Waals surface area contributed by atoms with Crippen LogP contribution in [0.25, 0.3) is 0 Å². The van der Waals surface area contributed by atoms with E-state index >= 15 is 0 Å². The molecular weight excluding hydrogens is 289 g/mol. The van der Waals surface area contributed by atoms with Crippen molar-refractivity contribution in [3.8, 4) is 0 Å². The lowest BCUT2D eigenvalue weighted by Crippen LogP contribution is -2.19. The number of rotatable bonds is 5. The Labute approximate surface area is 118 Å². The molecule has 0 saturated carbocycles. The van der Waals surface area contributed by atoms with E-state index in [0.29, 0.717) is 0 Å². The van der Waals surface area contributed by atoms with E-state index in [0.717, 1.165) is 16.7 Å². The number of aromatic nitrogens is 4. The second-order valence-electron chi connectivity index (χ2n) is 4.16. The van der Waals surface area contributed by atoms with Crippen molar-refractivity contribution < 1.29 is 13.2 Å². The van der Waals surface area contributed by atoms with E-state index < -0.39 is 12.7 Å². The molecule has 0 radical (unpaired) electrons. The van der Waals surface area contributed by atoms with Gasteiger partial charge in [-0.2, -0.15) is 13.2 Å². The summed E-state index contributed by atoms with van der Waals surface area (Å²) in [4.78, 5) is 0. The highest BCUT2D eigenvalue weighted by Gasteiger charge is 2.30. The quantitative estimate of drug-likeness (QED) is 0.793. The predicted molar refractivity (Wildman–Crippen MR) is 69.2 cm³/mol. The van der Waals surface area contributed by atoms with Crippen LogP contribution < -0.4 is 0 Å². The first kappa shape index (κ1) is 14.8. The summed E-state index contributed by atoms with van der Waals surface area (Å²) in [5.74, 6) is 0. The molecule has 1 aromatic carbocycles. The van der Waals surface area contributed by atoms with Gasteiger partial charge in [-0.05, 0) is 22.4 Å². The molecule has 0 amide bonds. The molecule has 0 bridgehead atoms. The van der Waals surface area contributed by atoms with Crippen LogP contribution in [0.4, 0.5) is 13.2 Å². The molecule has 2 aromatic rings. The van der Waals surface area contributed by atoms with Gasteiger partial charge in [-0.1, -0.05) is 49.0 Å². The fourth-order valence-electron chi connectivity index (χ4n) is 1.73. The lowest BCUT2D eigenvalue weighted by molar-refractivity contribution is -0.144. The van der Waals surface area contributed by atoms with Gasteiger partial charge >= 0.3 is 6.18 Å². The Morgan fingerprint density at radius 2 is 1.95 bits per heavy atom. The van der Waals surface area contributed by atoms with Gasteiger partial charge in [0.05, 0.1) is 0 Å². The molecule has 8 heteroatoms. The Morgan fingerprint density at radius 1 is 1.25 bits per heavy atom. The zero-order valence-corrected chi connectivity index (χ0v) is 11.5. The normalized spacial score (nSPS) is 13.4. The average molecular weight is 302 g/mol. The molecule has 0 spiro atoms. The van der Waals surface area contributed by atoms with Crippen LogP contribution in [0.2, 0.25) is 0 Å². The van der Waals surface area contributed by atoms with E-state index in [4.69, 9.17) is 0 Å². The summed E-state index contributed by atoms with van der Waals surface area (Å²) in [6, 6.07) is 9.58. The summed E-state index contributed by atoms with van der Waals surface area (Å²) in [6.45, 7) is 0.802. The van der Waals surface area contributed by atoms with Crippen LogP contribution in [0, 0.1) is 0 Å². The van der Waals surface area contributed by atoms with E-state index in [1.54, 1.807) is 0 Å². The van der Waals surface area contributed by atoms with Gasteiger partial charge in [0.1, 0.15) is 6.54 Å². The van der Waals surface area contributed by atoms with Crippen molar-refractivity contribution in [1.29, 1.82) is 0 Å². The Morgan fingerprint density at radius 3 is 2.55 bits per heavy atom. The number of nitrogens with zero attached hydrogens (tertiary/aromatic N) is 4. The van der Waals surface area contributed by atoms with Gasteiger partial charge in [0, 0.05) is 5.25 Å². The van der Waals surface area contributed by atoms with Gasteiger partial charge in [0.2, 0.25) is 5.16 Å². The maximum atomic E-state index is 12.4. The van der Waals surface area contributed by atoms with E-state index in [-0.39, 0.29) is 10.4 Å². The number of tetrazole rings is 1. The molecule has 0 saturated heterocycles. The van der Waals surface area contributed by atoms with Crippen LogP contribution >= 0.6 is 11.8 Å². The standard InChI is InChI=1S/C12H13F3N4S/c1-2-10(9-6-4-3-5-7-9)20-11-16-17-18-19(11)8-12(13,14)15/h3-7,10H,2,8H2,1H3. The average Bonchev–Trinajstić information content (AvgIpc) is 2.82.